The summed E-state index contributed by atoms with van der Waals surface area (Å²) >= 11 is 0. The quantitative estimate of drug-likeness (QED) is 0.825. The van der Waals surface area contributed by atoms with E-state index in [0.29, 0.717) is 12.1 Å². The van der Waals surface area contributed by atoms with Gasteiger partial charge in [-0.3, -0.25) is 4.79 Å². The molecule has 0 aliphatic rings. The highest BCUT2D eigenvalue weighted by Gasteiger charge is 2.15. The maximum Gasteiger partial charge on any atom is 0.257 e. The molecule has 0 fully saturated rings. The zero-order chi connectivity index (χ0) is 11.4. The van der Waals surface area contributed by atoms with Gasteiger partial charge in [-0.15, -0.1) is 0 Å². The van der Waals surface area contributed by atoms with Crippen LogP contribution in [0.5, 0.6) is 5.75 Å². The number of carbonyl (C=O) groups excluding carboxylic acids is 1. The lowest BCUT2D eigenvalue weighted by Crippen LogP contribution is -2.27. The second-order valence-electron chi connectivity index (χ2n) is 3.70. The number of nitrogens with zero attached hydrogens (tertiary/aromatic N) is 1. The molecule has 0 saturated carbocycles. The zero-order valence-corrected chi connectivity index (χ0v) is 9.45. The first kappa shape index (κ1) is 11.6. The van der Waals surface area contributed by atoms with Crippen molar-refractivity contribution in [3.05, 3.63) is 29.3 Å². The van der Waals surface area contributed by atoms with Crippen LogP contribution < -0.4 is 0 Å². The van der Waals surface area contributed by atoms with Gasteiger partial charge in [0.2, 0.25) is 0 Å². The van der Waals surface area contributed by atoms with Crippen LogP contribution in [-0.2, 0) is 0 Å². The molecule has 0 aromatic heterocycles. The number of phenolic OH excluding ortho intramolecular Hbond substituents is 1. The number of para-hydroxylation sites is 1. The van der Waals surface area contributed by atoms with E-state index in [9.17, 15) is 9.90 Å². The first-order valence-corrected chi connectivity index (χ1v) is 5.12. The van der Waals surface area contributed by atoms with Gasteiger partial charge in [0.15, 0.2) is 0 Å². The predicted molar refractivity (Wildman–Crippen MR) is 60.1 cm³/mol. The van der Waals surface area contributed by atoms with Crippen LogP contribution in [0.1, 0.15) is 29.3 Å². The van der Waals surface area contributed by atoms with Crippen LogP contribution in [-0.4, -0.2) is 29.5 Å². The molecule has 0 heterocycles. The first-order valence-electron chi connectivity index (χ1n) is 5.12. The third-order valence-electron chi connectivity index (χ3n) is 2.37. The highest BCUT2D eigenvalue weighted by Crippen LogP contribution is 2.22. The van der Waals surface area contributed by atoms with E-state index in [1.54, 1.807) is 37.1 Å². The summed E-state index contributed by atoms with van der Waals surface area (Å²) in [5, 5.41) is 9.74. The molecule has 1 N–H and O–H groups in total. The minimum absolute atomic E-state index is 0.0884. The SMILES string of the molecule is CCCN(C)C(=O)c1cccc(C)c1O. The Bertz CT molecular complexity index is 361. The van der Waals surface area contributed by atoms with Gasteiger partial charge in [-0.1, -0.05) is 19.1 Å². The molecule has 3 heteroatoms. The van der Waals surface area contributed by atoms with Crippen LogP contribution in [0.15, 0.2) is 18.2 Å². The molecule has 1 aromatic rings. The van der Waals surface area contributed by atoms with Crippen molar-refractivity contribution in [1.82, 2.24) is 4.90 Å². The summed E-state index contributed by atoms with van der Waals surface area (Å²) in [5.41, 5.74) is 1.11. The number of carbonyl (C=O) groups is 1. The van der Waals surface area contributed by atoms with E-state index in [1.807, 2.05) is 6.92 Å². The van der Waals surface area contributed by atoms with Gasteiger partial charge in [-0.25, -0.2) is 0 Å². The fourth-order valence-electron chi connectivity index (χ4n) is 1.47. The molecule has 0 aliphatic heterocycles. The second-order valence-corrected chi connectivity index (χ2v) is 3.70. The number of phenols is 1. The zero-order valence-electron chi connectivity index (χ0n) is 9.45. The molecule has 1 rings (SSSR count). The lowest BCUT2D eigenvalue weighted by Gasteiger charge is -2.17. The van der Waals surface area contributed by atoms with Crippen molar-refractivity contribution in [3.63, 3.8) is 0 Å². The molecule has 0 spiro atoms. The molecule has 82 valence electrons. The van der Waals surface area contributed by atoms with Crippen molar-refractivity contribution < 1.29 is 9.90 Å². The summed E-state index contributed by atoms with van der Waals surface area (Å²) in [6.07, 6.45) is 0.912. The van der Waals surface area contributed by atoms with Gasteiger partial charge in [0.1, 0.15) is 5.75 Å². The Balaban J connectivity index is 2.96. The van der Waals surface area contributed by atoms with E-state index in [2.05, 4.69) is 0 Å². The molecular weight excluding hydrogens is 190 g/mol. The van der Waals surface area contributed by atoms with Crippen LogP contribution in [0.4, 0.5) is 0 Å². The summed E-state index contributed by atoms with van der Waals surface area (Å²) in [6, 6.07) is 5.21. The van der Waals surface area contributed by atoms with Gasteiger partial charge in [-0.2, -0.15) is 0 Å². The average Bonchev–Trinajstić information content (AvgIpc) is 2.21. The van der Waals surface area contributed by atoms with Crippen LogP contribution in [0.25, 0.3) is 0 Å². The smallest absolute Gasteiger partial charge is 0.257 e. The lowest BCUT2D eigenvalue weighted by molar-refractivity contribution is 0.0792. The Labute approximate surface area is 90.3 Å². The summed E-state index contributed by atoms with van der Waals surface area (Å²) in [4.78, 5) is 13.5. The number of aryl methyl sites for hydroxylation is 1. The van der Waals surface area contributed by atoms with Crippen molar-refractivity contribution in [3.8, 4) is 5.75 Å². The minimum Gasteiger partial charge on any atom is -0.507 e. The lowest BCUT2D eigenvalue weighted by atomic mass is 10.1. The number of amides is 1. The van der Waals surface area contributed by atoms with Crippen LogP contribution in [0.2, 0.25) is 0 Å². The standard InChI is InChI=1S/C12H17NO2/c1-4-8-13(3)12(15)10-7-5-6-9(2)11(10)14/h5-7,14H,4,8H2,1-3H3. The highest BCUT2D eigenvalue weighted by molar-refractivity contribution is 5.97. The Hall–Kier alpha value is -1.51. The Morgan fingerprint density at radius 1 is 1.47 bits per heavy atom. The molecule has 1 amide bonds. The summed E-state index contributed by atoms with van der Waals surface area (Å²) in [6.45, 7) is 4.50. The summed E-state index contributed by atoms with van der Waals surface area (Å²) in [5.74, 6) is -0.0384. The molecule has 0 aliphatic carbocycles. The Morgan fingerprint density at radius 2 is 2.13 bits per heavy atom. The molecule has 0 radical (unpaired) electrons. The summed E-state index contributed by atoms with van der Waals surface area (Å²) < 4.78 is 0. The molecule has 0 bridgehead atoms. The van der Waals surface area contributed by atoms with Crippen molar-refractivity contribution in [2.24, 2.45) is 0 Å². The fraction of sp³-hybridized carbons (Fsp3) is 0.417. The molecule has 1 aromatic carbocycles. The number of rotatable bonds is 3. The van der Waals surface area contributed by atoms with Gasteiger partial charge < -0.3 is 10.0 Å². The maximum atomic E-state index is 11.9. The molecule has 0 atom stereocenters. The molecule has 15 heavy (non-hydrogen) atoms. The summed E-state index contributed by atoms with van der Waals surface area (Å²) in [7, 11) is 1.74. The third kappa shape index (κ3) is 2.49. The van der Waals surface area contributed by atoms with E-state index in [-0.39, 0.29) is 11.7 Å². The average molecular weight is 207 g/mol. The van der Waals surface area contributed by atoms with Crippen LogP contribution in [0, 0.1) is 6.92 Å². The molecule has 0 unspecified atom stereocenters. The molecule has 3 nitrogen and oxygen atoms in total. The molecule has 0 saturated heterocycles. The number of aromatic hydroxyl groups is 1. The number of benzene rings is 1. The largest absolute Gasteiger partial charge is 0.507 e. The first-order chi connectivity index (χ1) is 7.07. The van der Waals surface area contributed by atoms with Crippen molar-refractivity contribution >= 4 is 5.91 Å². The Kier molecular flexibility index (Phi) is 3.72. The fourth-order valence-corrected chi connectivity index (χ4v) is 1.47. The second kappa shape index (κ2) is 4.82. The maximum absolute atomic E-state index is 11.9. The topological polar surface area (TPSA) is 40.5 Å². The third-order valence-corrected chi connectivity index (χ3v) is 2.37. The van der Waals surface area contributed by atoms with Crippen molar-refractivity contribution in [2.45, 2.75) is 20.3 Å². The van der Waals surface area contributed by atoms with Gasteiger partial charge >= 0.3 is 0 Å². The van der Waals surface area contributed by atoms with Gasteiger partial charge in [0, 0.05) is 13.6 Å². The highest BCUT2D eigenvalue weighted by atomic mass is 16.3. The van der Waals surface area contributed by atoms with E-state index < -0.39 is 0 Å². The number of hydrogen-bond donors (Lipinski definition) is 1. The van der Waals surface area contributed by atoms with E-state index in [1.165, 1.54) is 0 Å². The molecular formula is C12H17NO2. The van der Waals surface area contributed by atoms with Crippen molar-refractivity contribution in [2.75, 3.05) is 13.6 Å². The van der Waals surface area contributed by atoms with E-state index in [4.69, 9.17) is 0 Å². The monoisotopic (exact) mass is 207 g/mol. The van der Waals surface area contributed by atoms with E-state index >= 15 is 0 Å². The van der Waals surface area contributed by atoms with Crippen LogP contribution in [0.3, 0.4) is 0 Å². The Morgan fingerprint density at radius 3 is 2.73 bits per heavy atom. The van der Waals surface area contributed by atoms with Gasteiger partial charge in [0.05, 0.1) is 5.56 Å². The van der Waals surface area contributed by atoms with Crippen molar-refractivity contribution in [1.29, 1.82) is 0 Å². The van der Waals surface area contributed by atoms with Gasteiger partial charge in [0.25, 0.3) is 5.91 Å². The van der Waals surface area contributed by atoms with Crippen LogP contribution >= 0.6 is 0 Å². The normalized spacial score (nSPS) is 10.1. The van der Waals surface area contributed by atoms with E-state index in [0.717, 1.165) is 12.0 Å². The number of hydrogen-bond acceptors (Lipinski definition) is 2. The predicted octanol–water partition coefficient (Wildman–Crippen LogP) is 2.18. The van der Waals surface area contributed by atoms with Gasteiger partial charge in [-0.05, 0) is 25.0 Å². The minimum atomic E-state index is -0.127.